The second-order valence-corrected chi connectivity index (χ2v) is 10.0. The molecule has 0 radical (unpaired) electrons. The second-order valence-electron chi connectivity index (χ2n) is 10.0. The van der Waals surface area contributed by atoms with Crippen molar-refractivity contribution in [2.45, 2.75) is 82.8 Å². The number of rotatable bonds is 8. The molecule has 4 rings (SSSR count). The third-order valence-corrected chi connectivity index (χ3v) is 7.92. The van der Waals surface area contributed by atoms with Gasteiger partial charge >= 0.3 is 0 Å². The quantitative estimate of drug-likeness (QED) is 0.374. The number of allylic oxidation sites excluding steroid dienone is 1. The lowest BCUT2D eigenvalue weighted by Crippen LogP contribution is -2.20. The first kappa shape index (κ1) is 26.0. The lowest BCUT2D eigenvalue weighted by molar-refractivity contribution is 0.0655. The molecule has 0 aromatic heterocycles. The van der Waals surface area contributed by atoms with Gasteiger partial charge in [-0.1, -0.05) is 36.4 Å². The highest BCUT2D eigenvalue weighted by molar-refractivity contribution is 5.52. The summed E-state index contributed by atoms with van der Waals surface area (Å²) in [7, 11) is 1.71. The van der Waals surface area contributed by atoms with Crippen LogP contribution < -0.4 is 0 Å². The standard InChI is InChI=1S/C30H37F3O2/c1-3-35-19-25-11-10-24(18-28(25)31)21-7-4-20(5-8-21)6-9-23-14-17-27(30(33)29(23)32)22-12-15-26(34-2)16-13-22/h6,9-11,14,17-18,20-22,26H,3-5,7-8,12-13,15-16,19H2,1-2H3/b9-6+. The van der Waals surface area contributed by atoms with Crippen molar-refractivity contribution in [2.75, 3.05) is 13.7 Å². The van der Waals surface area contributed by atoms with E-state index < -0.39 is 11.6 Å². The third kappa shape index (κ3) is 6.37. The highest BCUT2D eigenvalue weighted by Crippen LogP contribution is 2.38. The van der Waals surface area contributed by atoms with Gasteiger partial charge in [-0.15, -0.1) is 0 Å². The summed E-state index contributed by atoms with van der Waals surface area (Å²) in [5.74, 6) is -0.944. The molecule has 0 spiro atoms. The first-order valence-corrected chi connectivity index (χ1v) is 13.0. The van der Waals surface area contributed by atoms with E-state index in [1.54, 1.807) is 31.4 Å². The number of hydrogen-bond donors (Lipinski definition) is 0. The molecule has 5 heteroatoms. The van der Waals surface area contributed by atoms with Crippen molar-refractivity contribution in [1.82, 2.24) is 0 Å². The van der Waals surface area contributed by atoms with Crippen LogP contribution >= 0.6 is 0 Å². The second kappa shape index (κ2) is 12.2. The summed E-state index contributed by atoms with van der Waals surface area (Å²) in [5.41, 5.74) is 2.43. The minimum absolute atomic E-state index is 0.0577. The summed E-state index contributed by atoms with van der Waals surface area (Å²) in [4.78, 5) is 0. The van der Waals surface area contributed by atoms with Crippen molar-refractivity contribution in [3.8, 4) is 0 Å². The lowest BCUT2D eigenvalue weighted by Gasteiger charge is -2.28. The Hall–Kier alpha value is -2.11. The minimum Gasteiger partial charge on any atom is -0.381 e. The van der Waals surface area contributed by atoms with Crippen LogP contribution in [0.2, 0.25) is 0 Å². The van der Waals surface area contributed by atoms with E-state index in [1.807, 2.05) is 25.1 Å². The molecule has 0 saturated heterocycles. The monoisotopic (exact) mass is 486 g/mol. The molecule has 2 aliphatic rings. The Morgan fingerprint density at radius 3 is 2.23 bits per heavy atom. The number of benzene rings is 2. The van der Waals surface area contributed by atoms with E-state index in [0.29, 0.717) is 41.7 Å². The third-order valence-electron chi connectivity index (χ3n) is 7.92. The van der Waals surface area contributed by atoms with E-state index in [2.05, 4.69) is 0 Å². The van der Waals surface area contributed by atoms with E-state index in [4.69, 9.17) is 9.47 Å². The van der Waals surface area contributed by atoms with Gasteiger partial charge in [-0.2, -0.15) is 0 Å². The Morgan fingerprint density at radius 1 is 0.857 bits per heavy atom. The van der Waals surface area contributed by atoms with Gasteiger partial charge in [-0.3, -0.25) is 0 Å². The lowest BCUT2D eigenvalue weighted by atomic mass is 9.78. The van der Waals surface area contributed by atoms with Crippen LogP contribution in [0.1, 0.15) is 92.4 Å². The number of halogens is 3. The Bertz CT molecular complexity index is 1000. The Balaban J connectivity index is 1.33. The highest BCUT2D eigenvalue weighted by atomic mass is 19.2. The average molecular weight is 487 g/mol. The summed E-state index contributed by atoms with van der Waals surface area (Å²) >= 11 is 0. The van der Waals surface area contributed by atoms with Crippen LogP contribution in [0.3, 0.4) is 0 Å². The topological polar surface area (TPSA) is 18.5 Å². The minimum atomic E-state index is -0.746. The molecular weight excluding hydrogens is 449 g/mol. The van der Waals surface area contributed by atoms with E-state index >= 15 is 0 Å². The molecule has 2 nitrogen and oxygen atoms in total. The number of ether oxygens (including phenoxy) is 2. The van der Waals surface area contributed by atoms with E-state index in [9.17, 15) is 13.2 Å². The average Bonchev–Trinajstić information content (AvgIpc) is 2.89. The number of methoxy groups -OCH3 is 1. The van der Waals surface area contributed by atoms with E-state index in [0.717, 1.165) is 56.9 Å². The van der Waals surface area contributed by atoms with Gasteiger partial charge in [0.1, 0.15) is 5.82 Å². The summed E-state index contributed by atoms with van der Waals surface area (Å²) in [6, 6.07) is 8.97. The fraction of sp³-hybridized carbons (Fsp3) is 0.533. The molecule has 0 aliphatic heterocycles. The first-order chi connectivity index (χ1) is 17.0. The molecular formula is C30H37F3O2. The van der Waals surface area contributed by atoms with Gasteiger partial charge < -0.3 is 9.47 Å². The van der Waals surface area contributed by atoms with Crippen molar-refractivity contribution in [3.05, 3.63) is 76.1 Å². The molecule has 0 atom stereocenters. The molecule has 0 heterocycles. The molecule has 0 N–H and O–H groups in total. The fourth-order valence-corrected chi connectivity index (χ4v) is 5.66. The summed E-state index contributed by atoms with van der Waals surface area (Å²) in [6.07, 6.45) is 11.2. The Morgan fingerprint density at radius 2 is 1.57 bits per heavy atom. The van der Waals surface area contributed by atoms with Crippen LogP contribution in [-0.4, -0.2) is 19.8 Å². The van der Waals surface area contributed by atoms with Crippen LogP contribution in [0.4, 0.5) is 13.2 Å². The Kier molecular flexibility index (Phi) is 9.07. The maximum atomic E-state index is 14.9. The summed E-state index contributed by atoms with van der Waals surface area (Å²) < 4.78 is 54.8. The number of hydrogen-bond acceptors (Lipinski definition) is 2. The molecule has 2 aromatic carbocycles. The summed E-state index contributed by atoms with van der Waals surface area (Å²) in [6.45, 7) is 2.76. The predicted molar refractivity (Wildman–Crippen MR) is 134 cm³/mol. The Labute approximate surface area is 207 Å². The van der Waals surface area contributed by atoms with Crippen LogP contribution in [0.25, 0.3) is 6.08 Å². The summed E-state index contributed by atoms with van der Waals surface area (Å²) in [5, 5.41) is 0. The molecule has 0 bridgehead atoms. The zero-order valence-corrected chi connectivity index (χ0v) is 20.9. The SMILES string of the molecule is CCOCc1ccc(C2CCC(/C=C/c3ccc(C4CCC(OC)CC4)c(F)c3F)CC2)cc1F. The molecule has 2 fully saturated rings. The zero-order chi connectivity index (χ0) is 24.8. The van der Waals surface area contributed by atoms with Gasteiger partial charge in [-0.05, 0) is 93.2 Å². The maximum Gasteiger partial charge on any atom is 0.166 e. The van der Waals surface area contributed by atoms with Gasteiger partial charge in [0.05, 0.1) is 12.7 Å². The molecule has 2 saturated carbocycles. The van der Waals surface area contributed by atoms with Crippen LogP contribution in [0, 0.1) is 23.4 Å². The van der Waals surface area contributed by atoms with E-state index in [1.165, 1.54) is 0 Å². The normalized spacial score (nSPS) is 25.3. The van der Waals surface area contributed by atoms with Crippen molar-refractivity contribution >= 4 is 6.08 Å². The van der Waals surface area contributed by atoms with Crippen molar-refractivity contribution in [1.29, 1.82) is 0 Å². The van der Waals surface area contributed by atoms with Gasteiger partial charge in [-0.25, -0.2) is 13.2 Å². The largest absolute Gasteiger partial charge is 0.381 e. The van der Waals surface area contributed by atoms with Crippen LogP contribution in [0.5, 0.6) is 0 Å². The van der Waals surface area contributed by atoms with Gasteiger partial charge in [0.15, 0.2) is 11.6 Å². The smallest absolute Gasteiger partial charge is 0.166 e. The van der Waals surface area contributed by atoms with E-state index in [-0.39, 0.29) is 17.8 Å². The van der Waals surface area contributed by atoms with Gasteiger partial charge in [0.25, 0.3) is 0 Å². The predicted octanol–water partition coefficient (Wildman–Crippen LogP) is 8.30. The van der Waals surface area contributed by atoms with Gasteiger partial charge in [0, 0.05) is 24.8 Å². The zero-order valence-electron chi connectivity index (χ0n) is 20.9. The fourth-order valence-electron chi connectivity index (χ4n) is 5.66. The molecule has 2 aromatic rings. The molecule has 190 valence electrons. The first-order valence-electron chi connectivity index (χ1n) is 13.0. The van der Waals surface area contributed by atoms with Crippen LogP contribution in [0.15, 0.2) is 36.4 Å². The molecule has 35 heavy (non-hydrogen) atoms. The van der Waals surface area contributed by atoms with Crippen molar-refractivity contribution in [2.24, 2.45) is 5.92 Å². The molecule has 2 aliphatic carbocycles. The molecule has 0 amide bonds. The molecule has 0 unspecified atom stereocenters. The van der Waals surface area contributed by atoms with Crippen LogP contribution in [-0.2, 0) is 16.1 Å². The maximum absolute atomic E-state index is 14.9. The van der Waals surface area contributed by atoms with Crippen molar-refractivity contribution in [3.63, 3.8) is 0 Å². The highest BCUT2D eigenvalue weighted by Gasteiger charge is 2.26. The van der Waals surface area contributed by atoms with Gasteiger partial charge in [0.2, 0.25) is 0 Å². The van der Waals surface area contributed by atoms with Crippen molar-refractivity contribution < 1.29 is 22.6 Å².